The largest absolute Gasteiger partial charge is 0.306 e. The van der Waals surface area contributed by atoms with Gasteiger partial charge < -0.3 is 5.32 Å². The van der Waals surface area contributed by atoms with Crippen LogP contribution in [0.3, 0.4) is 0 Å². The summed E-state index contributed by atoms with van der Waals surface area (Å²) in [4.78, 5) is 0. The van der Waals surface area contributed by atoms with Crippen LogP contribution in [0.2, 0.25) is 0 Å². The Morgan fingerprint density at radius 1 is 1.25 bits per heavy atom. The molecule has 0 saturated carbocycles. The first-order chi connectivity index (χ1) is 5.68. The third-order valence-electron chi connectivity index (χ3n) is 1.56. The van der Waals surface area contributed by atoms with Gasteiger partial charge in [0.2, 0.25) is 0 Å². The average Bonchev–Trinajstić information content (AvgIpc) is 2.03. The van der Waals surface area contributed by atoms with E-state index in [1.165, 1.54) is 5.56 Å². The van der Waals surface area contributed by atoms with Crippen LogP contribution < -0.4 is 5.32 Å². The summed E-state index contributed by atoms with van der Waals surface area (Å²) in [5.74, 6) is 0. The van der Waals surface area contributed by atoms with Gasteiger partial charge >= 0.3 is 0 Å². The molecular formula is C11H15N. The highest BCUT2D eigenvalue weighted by molar-refractivity contribution is 5.28. The van der Waals surface area contributed by atoms with Crippen LogP contribution in [0, 0.1) is 13.5 Å². The van der Waals surface area contributed by atoms with E-state index in [-0.39, 0.29) is 0 Å². The zero-order chi connectivity index (χ0) is 8.97. The molecule has 0 spiro atoms. The molecule has 0 atom stereocenters. The molecule has 0 aliphatic carbocycles. The Morgan fingerprint density at radius 2 is 1.83 bits per heavy atom. The molecule has 0 aliphatic heterocycles. The Morgan fingerprint density at radius 3 is 2.33 bits per heavy atom. The maximum absolute atomic E-state index is 3.82. The van der Waals surface area contributed by atoms with Crippen molar-refractivity contribution in [3.8, 4) is 0 Å². The number of hydrogen-bond acceptors (Lipinski definition) is 1. The summed E-state index contributed by atoms with van der Waals surface area (Å²) in [6.07, 6.45) is 0. The van der Waals surface area contributed by atoms with Gasteiger partial charge in [0.25, 0.3) is 0 Å². The molecule has 2 radical (unpaired) electrons. The first-order valence-corrected chi connectivity index (χ1v) is 4.20. The molecule has 0 fully saturated rings. The molecule has 1 N–H and O–H groups in total. The maximum Gasteiger partial charge on any atom is 0.0520 e. The zero-order valence-electron chi connectivity index (χ0n) is 7.67. The first kappa shape index (κ1) is 9.27. The van der Waals surface area contributed by atoms with Crippen LogP contribution in [0.25, 0.3) is 0 Å². The number of nitrogens with one attached hydrogen (secondary N) is 1. The molecule has 64 valence electrons. The molecule has 1 rings (SSSR count). The topological polar surface area (TPSA) is 12.0 Å². The lowest BCUT2D eigenvalue weighted by atomic mass is 10.1. The Balaban J connectivity index is 2.48. The molecule has 0 aliphatic rings. The minimum atomic E-state index is 0.490. The van der Waals surface area contributed by atoms with Gasteiger partial charge in [-0.05, 0) is 18.1 Å². The van der Waals surface area contributed by atoms with Gasteiger partial charge in [0.15, 0.2) is 0 Å². The molecular weight excluding hydrogens is 146 g/mol. The summed E-state index contributed by atoms with van der Waals surface area (Å²) in [6, 6.07) is 8.61. The quantitative estimate of drug-likeness (QED) is 0.717. The molecule has 0 bridgehead atoms. The van der Waals surface area contributed by atoms with Crippen LogP contribution in [0.5, 0.6) is 0 Å². The van der Waals surface area contributed by atoms with Crippen molar-refractivity contribution in [1.82, 2.24) is 5.32 Å². The van der Waals surface area contributed by atoms with E-state index in [9.17, 15) is 0 Å². The van der Waals surface area contributed by atoms with Gasteiger partial charge in [0, 0.05) is 6.04 Å². The Hall–Kier alpha value is -0.820. The minimum Gasteiger partial charge on any atom is -0.306 e. The van der Waals surface area contributed by atoms with Crippen LogP contribution in [-0.2, 0) is 0 Å². The lowest BCUT2D eigenvalue weighted by Crippen LogP contribution is -2.19. The maximum atomic E-state index is 3.82. The van der Waals surface area contributed by atoms with Gasteiger partial charge in [-0.3, -0.25) is 0 Å². The standard InChI is InChI=1S/C11H15N/c1-9(2)12-8-11-6-4-10(3)5-7-11/h4-9,12H,3H2,1-2H3. The van der Waals surface area contributed by atoms with E-state index in [1.807, 2.05) is 18.7 Å². The minimum absolute atomic E-state index is 0.490. The molecule has 1 aromatic rings. The fraction of sp³-hybridized carbons (Fsp3) is 0.273. The van der Waals surface area contributed by atoms with E-state index in [4.69, 9.17) is 0 Å². The summed E-state index contributed by atoms with van der Waals surface area (Å²) < 4.78 is 0. The highest BCUT2D eigenvalue weighted by Crippen LogP contribution is 2.03. The molecule has 0 heterocycles. The molecule has 1 heteroatoms. The number of rotatable bonds is 3. The Labute approximate surface area is 74.8 Å². The van der Waals surface area contributed by atoms with Crippen LogP contribution in [0.1, 0.15) is 25.0 Å². The molecule has 0 aromatic heterocycles. The van der Waals surface area contributed by atoms with Crippen molar-refractivity contribution < 1.29 is 0 Å². The van der Waals surface area contributed by atoms with Gasteiger partial charge in [0.05, 0.1) is 6.54 Å². The summed E-state index contributed by atoms with van der Waals surface area (Å²) in [7, 11) is 0. The Bertz CT molecular complexity index is 223. The van der Waals surface area contributed by atoms with E-state index < -0.39 is 0 Å². The second-order valence-electron chi connectivity index (χ2n) is 3.21. The van der Waals surface area contributed by atoms with Gasteiger partial charge in [-0.1, -0.05) is 38.1 Å². The first-order valence-electron chi connectivity index (χ1n) is 4.20. The van der Waals surface area contributed by atoms with Crippen LogP contribution in [0.4, 0.5) is 0 Å². The average molecular weight is 161 g/mol. The van der Waals surface area contributed by atoms with Crippen molar-refractivity contribution in [2.24, 2.45) is 0 Å². The van der Waals surface area contributed by atoms with Gasteiger partial charge in [-0.15, -0.1) is 0 Å². The van der Waals surface area contributed by atoms with Crippen LogP contribution in [-0.4, -0.2) is 6.04 Å². The molecule has 0 saturated heterocycles. The SMILES string of the molecule is [CH2]c1ccc([CH]NC(C)C)cc1. The van der Waals surface area contributed by atoms with Crippen molar-refractivity contribution in [2.75, 3.05) is 0 Å². The smallest absolute Gasteiger partial charge is 0.0520 e. The molecule has 1 nitrogen and oxygen atoms in total. The van der Waals surface area contributed by atoms with E-state index in [0.717, 1.165) is 5.56 Å². The van der Waals surface area contributed by atoms with E-state index in [0.29, 0.717) is 6.04 Å². The second kappa shape index (κ2) is 4.27. The normalized spacial score (nSPS) is 10.7. The van der Waals surface area contributed by atoms with E-state index in [1.54, 1.807) is 0 Å². The van der Waals surface area contributed by atoms with E-state index in [2.05, 4.69) is 38.2 Å². The fourth-order valence-electron chi connectivity index (χ4n) is 0.877. The second-order valence-corrected chi connectivity index (χ2v) is 3.21. The molecule has 1 aromatic carbocycles. The van der Waals surface area contributed by atoms with Crippen LogP contribution >= 0.6 is 0 Å². The van der Waals surface area contributed by atoms with Crippen molar-refractivity contribution in [1.29, 1.82) is 0 Å². The Kier molecular flexibility index (Phi) is 3.30. The van der Waals surface area contributed by atoms with Gasteiger partial charge in [-0.2, -0.15) is 0 Å². The fourth-order valence-corrected chi connectivity index (χ4v) is 0.877. The van der Waals surface area contributed by atoms with Gasteiger partial charge in [0.1, 0.15) is 0 Å². The van der Waals surface area contributed by atoms with Crippen molar-refractivity contribution in [3.05, 3.63) is 48.9 Å². The van der Waals surface area contributed by atoms with E-state index >= 15 is 0 Å². The zero-order valence-corrected chi connectivity index (χ0v) is 7.67. The molecule has 12 heavy (non-hydrogen) atoms. The number of benzene rings is 1. The lowest BCUT2D eigenvalue weighted by molar-refractivity contribution is 0.672. The predicted molar refractivity (Wildman–Crippen MR) is 52.6 cm³/mol. The lowest BCUT2D eigenvalue weighted by Gasteiger charge is -2.06. The highest BCUT2D eigenvalue weighted by atomic mass is 14.9. The monoisotopic (exact) mass is 161 g/mol. The number of hydrogen-bond donors (Lipinski definition) is 1. The summed E-state index contributed by atoms with van der Waals surface area (Å²) in [6.45, 7) is 10.1. The van der Waals surface area contributed by atoms with Crippen molar-refractivity contribution >= 4 is 0 Å². The van der Waals surface area contributed by atoms with Gasteiger partial charge in [-0.25, -0.2) is 0 Å². The summed E-state index contributed by atoms with van der Waals surface area (Å²) in [5, 5.41) is 3.24. The summed E-state index contributed by atoms with van der Waals surface area (Å²) in [5.41, 5.74) is 2.24. The van der Waals surface area contributed by atoms with Crippen molar-refractivity contribution in [2.45, 2.75) is 19.9 Å². The molecule has 0 amide bonds. The third kappa shape index (κ3) is 3.05. The van der Waals surface area contributed by atoms with Crippen LogP contribution in [0.15, 0.2) is 24.3 Å². The predicted octanol–water partition coefficient (Wildman–Crippen LogP) is 2.38. The molecule has 0 unspecified atom stereocenters. The van der Waals surface area contributed by atoms with Crippen molar-refractivity contribution in [3.63, 3.8) is 0 Å². The summed E-state index contributed by atoms with van der Waals surface area (Å²) >= 11 is 0. The highest BCUT2D eigenvalue weighted by Gasteiger charge is 1.94. The third-order valence-corrected chi connectivity index (χ3v) is 1.56.